The Labute approximate surface area is 104 Å². The van der Waals surface area contributed by atoms with Crippen molar-refractivity contribution in [3.8, 4) is 0 Å². The summed E-state index contributed by atoms with van der Waals surface area (Å²) in [6.07, 6.45) is 1.97. The van der Waals surface area contributed by atoms with E-state index in [-0.39, 0.29) is 0 Å². The molecule has 0 amide bonds. The number of likely N-dealkylation sites (N-methyl/N-ethyl adjacent to an activating group) is 1. The van der Waals surface area contributed by atoms with Crippen LogP contribution >= 0.6 is 11.3 Å². The van der Waals surface area contributed by atoms with Gasteiger partial charge in [0.15, 0.2) is 10.8 Å². The van der Waals surface area contributed by atoms with E-state index in [2.05, 4.69) is 4.98 Å². The second-order valence-electron chi connectivity index (χ2n) is 4.81. The Morgan fingerprint density at radius 3 is 2.88 bits per heavy atom. The molecule has 0 atom stereocenters. The smallest absolute Gasteiger partial charge is 0.195 e. The van der Waals surface area contributed by atoms with Crippen molar-refractivity contribution in [2.75, 3.05) is 18.5 Å². The summed E-state index contributed by atoms with van der Waals surface area (Å²) < 4.78 is 2.00. The molecule has 5 nitrogen and oxygen atoms in total. The summed E-state index contributed by atoms with van der Waals surface area (Å²) in [6.45, 7) is 4.52. The second kappa shape index (κ2) is 4.29. The van der Waals surface area contributed by atoms with Crippen LogP contribution in [0.5, 0.6) is 0 Å². The van der Waals surface area contributed by atoms with E-state index in [1.54, 1.807) is 25.2 Å². The minimum atomic E-state index is -0.752. The summed E-state index contributed by atoms with van der Waals surface area (Å²) in [7, 11) is 1.92. The molecule has 3 N–H and O–H groups in total. The number of fused-ring (bicyclic) bond motifs is 1. The molecule has 0 unspecified atom stereocenters. The molecule has 0 saturated heterocycles. The predicted octanol–water partition coefficient (Wildman–Crippen LogP) is 1.06. The maximum absolute atomic E-state index is 9.83. The first-order valence-electron chi connectivity index (χ1n) is 5.50. The molecule has 94 valence electrons. The van der Waals surface area contributed by atoms with E-state index in [0.717, 1.165) is 16.5 Å². The molecule has 0 fully saturated rings. The molecule has 0 radical (unpaired) electrons. The molecule has 2 aromatic rings. The molecule has 0 bridgehead atoms. The van der Waals surface area contributed by atoms with E-state index in [9.17, 15) is 5.11 Å². The zero-order chi connectivity index (χ0) is 12.6. The first-order valence-corrected chi connectivity index (χ1v) is 6.38. The van der Waals surface area contributed by atoms with Gasteiger partial charge in [-0.3, -0.25) is 4.40 Å². The SMILES string of the molecule is CN(CC(C)(C)O)c1nc2sccn2c1CN. The quantitative estimate of drug-likeness (QED) is 0.856. The van der Waals surface area contributed by atoms with Gasteiger partial charge in [-0.2, -0.15) is 0 Å². The van der Waals surface area contributed by atoms with Gasteiger partial charge in [-0.15, -0.1) is 11.3 Å². The van der Waals surface area contributed by atoms with Crippen molar-refractivity contribution in [3.63, 3.8) is 0 Å². The van der Waals surface area contributed by atoms with Crippen LogP contribution in [0, 0.1) is 0 Å². The zero-order valence-electron chi connectivity index (χ0n) is 10.3. The predicted molar refractivity (Wildman–Crippen MR) is 70.5 cm³/mol. The highest BCUT2D eigenvalue weighted by molar-refractivity contribution is 7.15. The molecule has 2 aromatic heterocycles. The third-order valence-corrected chi connectivity index (χ3v) is 3.28. The Morgan fingerprint density at radius 2 is 2.29 bits per heavy atom. The van der Waals surface area contributed by atoms with Gasteiger partial charge in [-0.1, -0.05) is 0 Å². The number of nitrogens with two attached hydrogens (primary N) is 1. The fourth-order valence-electron chi connectivity index (χ4n) is 1.97. The summed E-state index contributed by atoms with van der Waals surface area (Å²) in [4.78, 5) is 7.42. The van der Waals surface area contributed by atoms with Crippen molar-refractivity contribution in [1.29, 1.82) is 0 Å². The number of imidazole rings is 1. The van der Waals surface area contributed by atoms with Crippen molar-refractivity contribution >= 4 is 22.1 Å². The van der Waals surface area contributed by atoms with Gasteiger partial charge < -0.3 is 15.7 Å². The van der Waals surface area contributed by atoms with Crippen LogP contribution in [0.1, 0.15) is 19.5 Å². The van der Waals surface area contributed by atoms with Crippen molar-refractivity contribution in [3.05, 3.63) is 17.3 Å². The van der Waals surface area contributed by atoms with Gasteiger partial charge in [-0.05, 0) is 13.8 Å². The fraction of sp³-hybridized carbons (Fsp3) is 0.545. The standard InChI is InChI=1S/C11H18N4OS/c1-11(2,16)7-14(3)9-8(6-12)15-4-5-17-10(15)13-9/h4-5,16H,6-7,12H2,1-3H3. The Morgan fingerprint density at radius 1 is 1.59 bits per heavy atom. The van der Waals surface area contributed by atoms with Crippen LogP contribution < -0.4 is 10.6 Å². The Hall–Kier alpha value is -1.11. The zero-order valence-corrected chi connectivity index (χ0v) is 11.2. The molecule has 0 spiro atoms. The lowest BCUT2D eigenvalue weighted by Gasteiger charge is -2.26. The number of rotatable bonds is 4. The van der Waals surface area contributed by atoms with E-state index < -0.39 is 5.60 Å². The average molecular weight is 254 g/mol. The van der Waals surface area contributed by atoms with Crippen LogP contribution in [0.25, 0.3) is 4.96 Å². The van der Waals surface area contributed by atoms with Crippen LogP contribution in [0.3, 0.4) is 0 Å². The van der Waals surface area contributed by atoms with E-state index in [1.165, 1.54) is 0 Å². The van der Waals surface area contributed by atoms with Gasteiger partial charge in [0.05, 0.1) is 11.3 Å². The molecule has 0 aliphatic carbocycles. The van der Waals surface area contributed by atoms with E-state index >= 15 is 0 Å². The maximum atomic E-state index is 9.83. The largest absolute Gasteiger partial charge is 0.389 e. The van der Waals surface area contributed by atoms with Gasteiger partial charge in [0.2, 0.25) is 0 Å². The van der Waals surface area contributed by atoms with Gasteiger partial charge in [0.1, 0.15) is 0 Å². The monoisotopic (exact) mass is 254 g/mol. The highest BCUT2D eigenvalue weighted by Crippen LogP contribution is 2.24. The third-order valence-electron chi connectivity index (χ3n) is 2.52. The van der Waals surface area contributed by atoms with Gasteiger partial charge >= 0.3 is 0 Å². The molecule has 0 aliphatic heterocycles. The number of aliphatic hydroxyl groups is 1. The van der Waals surface area contributed by atoms with Crippen LogP contribution in [0.2, 0.25) is 0 Å². The van der Waals surface area contributed by atoms with Crippen molar-refractivity contribution in [1.82, 2.24) is 9.38 Å². The number of aromatic nitrogens is 2. The number of hydrogen-bond donors (Lipinski definition) is 2. The number of hydrogen-bond acceptors (Lipinski definition) is 5. The Bertz CT molecular complexity index is 511. The lowest BCUT2D eigenvalue weighted by molar-refractivity contribution is 0.0884. The number of thiazole rings is 1. The second-order valence-corrected chi connectivity index (χ2v) is 5.68. The van der Waals surface area contributed by atoms with E-state index in [0.29, 0.717) is 13.1 Å². The Balaban J connectivity index is 2.37. The summed E-state index contributed by atoms with van der Waals surface area (Å²) in [5, 5.41) is 11.8. The normalized spacial score (nSPS) is 12.3. The van der Waals surface area contributed by atoms with Crippen LogP contribution in [0.4, 0.5) is 5.82 Å². The van der Waals surface area contributed by atoms with E-state index in [1.807, 2.05) is 27.9 Å². The fourth-order valence-corrected chi connectivity index (χ4v) is 2.70. The van der Waals surface area contributed by atoms with Crippen molar-refractivity contribution in [2.24, 2.45) is 5.73 Å². The summed E-state index contributed by atoms with van der Waals surface area (Å²) >= 11 is 1.58. The summed E-state index contributed by atoms with van der Waals surface area (Å²) in [5.41, 5.74) is 6.00. The number of nitrogens with zero attached hydrogens (tertiary/aromatic N) is 3. The first kappa shape index (κ1) is 12.3. The molecule has 2 rings (SSSR count). The molecular formula is C11H18N4OS. The Kier molecular flexibility index (Phi) is 3.11. The van der Waals surface area contributed by atoms with Gasteiger partial charge in [0, 0.05) is 31.7 Å². The molecule has 2 heterocycles. The van der Waals surface area contributed by atoms with Crippen molar-refractivity contribution in [2.45, 2.75) is 26.0 Å². The molecule has 0 aromatic carbocycles. The molecule has 6 heteroatoms. The molecule has 0 aliphatic rings. The topological polar surface area (TPSA) is 66.8 Å². The average Bonchev–Trinajstić information content (AvgIpc) is 2.72. The highest BCUT2D eigenvalue weighted by atomic mass is 32.1. The van der Waals surface area contributed by atoms with Gasteiger partial charge in [0.25, 0.3) is 0 Å². The minimum Gasteiger partial charge on any atom is -0.389 e. The maximum Gasteiger partial charge on any atom is 0.195 e. The first-order chi connectivity index (χ1) is 7.92. The molecule has 17 heavy (non-hydrogen) atoms. The van der Waals surface area contributed by atoms with Crippen LogP contribution in [0.15, 0.2) is 11.6 Å². The van der Waals surface area contributed by atoms with Crippen LogP contribution in [-0.4, -0.2) is 33.7 Å². The third kappa shape index (κ3) is 2.43. The molecule has 0 saturated carbocycles. The lowest BCUT2D eigenvalue weighted by Crippen LogP contribution is -2.37. The summed E-state index contributed by atoms with van der Waals surface area (Å²) in [5.74, 6) is 0.849. The number of anilines is 1. The van der Waals surface area contributed by atoms with Crippen molar-refractivity contribution < 1.29 is 5.11 Å². The minimum absolute atomic E-state index is 0.434. The molecular weight excluding hydrogens is 236 g/mol. The lowest BCUT2D eigenvalue weighted by atomic mass is 10.1. The van der Waals surface area contributed by atoms with Gasteiger partial charge in [-0.25, -0.2) is 4.98 Å². The highest BCUT2D eigenvalue weighted by Gasteiger charge is 2.21. The van der Waals surface area contributed by atoms with E-state index in [4.69, 9.17) is 5.73 Å². The summed E-state index contributed by atoms with van der Waals surface area (Å²) in [6, 6.07) is 0. The van der Waals surface area contributed by atoms with Crippen LogP contribution in [-0.2, 0) is 6.54 Å².